The third kappa shape index (κ3) is 3.84. The van der Waals surface area contributed by atoms with Crippen LogP contribution in [0.2, 0.25) is 0 Å². The molecule has 6 heteroatoms. The maximum atomic E-state index is 5.24. The first-order valence-electron chi connectivity index (χ1n) is 9.54. The zero-order chi connectivity index (χ0) is 17.8. The molecule has 138 valence electrons. The Hall–Kier alpha value is -2.50. The Morgan fingerprint density at radius 3 is 2.38 bits per heavy atom. The van der Waals surface area contributed by atoms with Gasteiger partial charge in [0.25, 0.3) is 0 Å². The number of ether oxygens (including phenoxy) is 1. The molecule has 0 spiro atoms. The van der Waals surface area contributed by atoms with Gasteiger partial charge in [0.15, 0.2) is 0 Å². The lowest BCUT2D eigenvalue weighted by Gasteiger charge is -2.34. The summed E-state index contributed by atoms with van der Waals surface area (Å²) in [5.41, 5.74) is 1.27. The molecule has 26 heavy (non-hydrogen) atoms. The van der Waals surface area contributed by atoms with Crippen LogP contribution in [0.15, 0.2) is 36.7 Å². The summed E-state index contributed by atoms with van der Waals surface area (Å²) in [5.74, 6) is 2.91. The lowest BCUT2D eigenvalue weighted by Crippen LogP contribution is -2.39. The van der Waals surface area contributed by atoms with Crippen molar-refractivity contribution in [3.8, 4) is 5.75 Å². The predicted octanol–water partition coefficient (Wildman–Crippen LogP) is 3.17. The van der Waals surface area contributed by atoms with Crippen molar-refractivity contribution in [1.29, 1.82) is 0 Å². The molecule has 0 atom stereocenters. The molecule has 1 aromatic heterocycles. The lowest BCUT2D eigenvalue weighted by atomic mass is 10.0. The first kappa shape index (κ1) is 16.9. The summed E-state index contributed by atoms with van der Waals surface area (Å²) in [7, 11) is 1.70. The van der Waals surface area contributed by atoms with Crippen LogP contribution in [-0.2, 0) is 0 Å². The van der Waals surface area contributed by atoms with Crippen LogP contribution < -0.4 is 19.9 Å². The van der Waals surface area contributed by atoms with E-state index in [1.807, 2.05) is 12.1 Å². The molecule has 1 aromatic carbocycles. The number of benzene rings is 1. The van der Waals surface area contributed by atoms with Gasteiger partial charge in [0.05, 0.1) is 7.11 Å². The molecule has 0 bridgehead atoms. The predicted molar refractivity (Wildman–Crippen MR) is 105 cm³/mol. The highest BCUT2D eigenvalue weighted by Gasteiger charge is 2.20. The summed E-state index contributed by atoms with van der Waals surface area (Å²) in [5, 5.41) is 3.61. The fraction of sp³-hybridized carbons (Fsp3) is 0.500. The lowest BCUT2D eigenvalue weighted by molar-refractivity contribution is 0.414. The number of aromatic nitrogens is 2. The summed E-state index contributed by atoms with van der Waals surface area (Å²) >= 11 is 0. The van der Waals surface area contributed by atoms with Gasteiger partial charge in [0, 0.05) is 44.0 Å². The zero-order valence-corrected chi connectivity index (χ0v) is 15.4. The third-order valence-electron chi connectivity index (χ3n) is 5.37. The van der Waals surface area contributed by atoms with Crippen LogP contribution in [0.3, 0.4) is 0 Å². The Bertz CT molecular complexity index is 706. The molecule has 1 N–H and O–H groups in total. The van der Waals surface area contributed by atoms with E-state index in [4.69, 9.17) is 4.74 Å². The van der Waals surface area contributed by atoms with Gasteiger partial charge >= 0.3 is 0 Å². The monoisotopic (exact) mass is 353 g/mol. The quantitative estimate of drug-likeness (QED) is 0.891. The van der Waals surface area contributed by atoms with Crippen LogP contribution >= 0.6 is 0 Å². The van der Waals surface area contributed by atoms with Crippen molar-refractivity contribution in [2.75, 3.05) is 48.4 Å². The Kier molecular flexibility index (Phi) is 5.09. The van der Waals surface area contributed by atoms with Gasteiger partial charge < -0.3 is 19.9 Å². The molecule has 0 saturated carbocycles. The van der Waals surface area contributed by atoms with E-state index < -0.39 is 0 Å². The van der Waals surface area contributed by atoms with Crippen LogP contribution in [0, 0.1) is 0 Å². The molecule has 3 heterocycles. The second-order valence-corrected chi connectivity index (χ2v) is 7.06. The zero-order valence-electron chi connectivity index (χ0n) is 15.4. The van der Waals surface area contributed by atoms with Gasteiger partial charge in [0.2, 0.25) is 0 Å². The molecule has 2 saturated heterocycles. The van der Waals surface area contributed by atoms with Crippen molar-refractivity contribution >= 4 is 17.3 Å². The van der Waals surface area contributed by atoms with Gasteiger partial charge in [-0.1, -0.05) is 0 Å². The summed E-state index contributed by atoms with van der Waals surface area (Å²) in [4.78, 5) is 13.6. The fourth-order valence-electron chi connectivity index (χ4n) is 3.83. The van der Waals surface area contributed by atoms with Crippen LogP contribution in [0.4, 0.5) is 17.3 Å². The molecule has 2 aromatic rings. The van der Waals surface area contributed by atoms with Gasteiger partial charge in [-0.2, -0.15) is 0 Å². The maximum absolute atomic E-state index is 5.24. The normalized spacial score (nSPS) is 18.2. The molecule has 0 aliphatic carbocycles. The fourth-order valence-corrected chi connectivity index (χ4v) is 3.83. The van der Waals surface area contributed by atoms with Gasteiger partial charge in [-0.3, -0.25) is 0 Å². The van der Waals surface area contributed by atoms with Gasteiger partial charge in [-0.05, 0) is 49.9 Å². The standard InChI is InChI=1S/C20H27N5O/c1-26-18-6-4-17(5-7-18)24-12-8-16(9-13-24)23-19-14-20(22-15-21-19)25-10-2-3-11-25/h4-7,14-16H,2-3,8-13H2,1H3,(H,21,22,23). The van der Waals surface area contributed by atoms with Crippen LogP contribution in [0.5, 0.6) is 5.75 Å². The smallest absolute Gasteiger partial charge is 0.134 e. The Balaban J connectivity index is 1.32. The minimum Gasteiger partial charge on any atom is -0.497 e. The highest BCUT2D eigenvalue weighted by molar-refractivity contribution is 5.51. The second-order valence-electron chi connectivity index (χ2n) is 7.06. The number of hydrogen-bond acceptors (Lipinski definition) is 6. The van der Waals surface area contributed by atoms with E-state index in [0.29, 0.717) is 6.04 Å². The first-order chi connectivity index (χ1) is 12.8. The van der Waals surface area contributed by atoms with Gasteiger partial charge in [-0.25, -0.2) is 9.97 Å². The van der Waals surface area contributed by atoms with E-state index in [9.17, 15) is 0 Å². The molecule has 4 rings (SSSR count). The number of nitrogens with zero attached hydrogens (tertiary/aromatic N) is 4. The molecular formula is C20H27N5O. The molecule has 6 nitrogen and oxygen atoms in total. The largest absolute Gasteiger partial charge is 0.497 e. The van der Waals surface area contributed by atoms with Crippen LogP contribution in [0.25, 0.3) is 0 Å². The maximum Gasteiger partial charge on any atom is 0.134 e. The number of rotatable bonds is 5. The topological polar surface area (TPSA) is 53.5 Å². The second kappa shape index (κ2) is 7.81. The summed E-state index contributed by atoms with van der Waals surface area (Å²) < 4.78 is 5.24. The van der Waals surface area contributed by atoms with Crippen LogP contribution in [0.1, 0.15) is 25.7 Å². The molecule has 0 radical (unpaired) electrons. The van der Waals surface area contributed by atoms with E-state index in [2.05, 4.69) is 43.3 Å². The number of nitrogens with one attached hydrogen (secondary N) is 1. The van der Waals surface area contributed by atoms with E-state index in [1.165, 1.54) is 18.5 Å². The highest BCUT2D eigenvalue weighted by Crippen LogP contribution is 2.25. The van der Waals surface area contributed by atoms with Gasteiger partial charge in [-0.15, -0.1) is 0 Å². The highest BCUT2D eigenvalue weighted by atomic mass is 16.5. The number of methoxy groups -OCH3 is 1. The van der Waals surface area contributed by atoms with Crippen molar-refractivity contribution in [1.82, 2.24) is 9.97 Å². The molecule has 0 amide bonds. The molecule has 0 unspecified atom stereocenters. The Morgan fingerprint density at radius 2 is 1.69 bits per heavy atom. The average molecular weight is 353 g/mol. The Labute approximate surface area is 155 Å². The SMILES string of the molecule is COc1ccc(N2CCC(Nc3cc(N4CCCC4)ncn3)CC2)cc1. The summed E-state index contributed by atoms with van der Waals surface area (Å²) in [6, 6.07) is 10.9. The molecular weight excluding hydrogens is 326 g/mol. The molecule has 2 fully saturated rings. The minimum atomic E-state index is 0.464. The number of hydrogen-bond donors (Lipinski definition) is 1. The van der Waals surface area contributed by atoms with E-state index >= 15 is 0 Å². The van der Waals surface area contributed by atoms with Crippen LogP contribution in [-0.4, -0.2) is 49.3 Å². The van der Waals surface area contributed by atoms with E-state index in [1.54, 1.807) is 13.4 Å². The Morgan fingerprint density at radius 1 is 0.962 bits per heavy atom. The van der Waals surface area contributed by atoms with E-state index in [-0.39, 0.29) is 0 Å². The van der Waals surface area contributed by atoms with Crippen molar-refractivity contribution in [2.45, 2.75) is 31.7 Å². The van der Waals surface area contributed by atoms with Gasteiger partial charge in [0.1, 0.15) is 23.7 Å². The number of anilines is 3. The summed E-state index contributed by atoms with van der Waals surface area (Å²) in [6.07, 6.45) is 6.42. The number of piperidine rings is 1. The van der Waals surface area contributed by atoms with Crippen molar-refractivity contribution in [3.05, 3.63) is 36.7 Å². The van der Waals surface area contributed by atoms with Crippen molar-refractivity contribution in [3.63, 3.8) is 0 Å². The average Bonchev–Trinajstić information content (AvgIpc) is 3.24. The minimum absolute atomic E-state index is 0.464. The van der Waals surface area contributed by atoms with Crippen molar-refractivity contribution in [2.24, 2.45) is 0 Å². The van der Waals surface area contributed by atoms with E-state index in [0.717, 1.165) is 56.4 Å². The molecule has 2 aliphatic rings. The first-order valence-corrected chi connectivity index (χ1v) is 9.54. The van der Waals surface area contributed by atoms with Crippen molar-refractivity contribution < 1.29 is 4.74 Å². The molecule has 2 aliphatic heterocycles. The summed E-state index contributed by atoms with van der Waals surface area (Å²) in [6.45, 7) is 4.32. The third-order valence-corrected chi connectivity index (χ3v) is 5.37.